The van der Waals surface area contributed by atoms with E-state index < -0.39 is 5.54 Å². The van der Waals surface area contributed by atoms with E-state index in [1.165, 1.54) is 0 Å². The zero-order valence-corrected chi connectivity index (χ0v) is 10.6. The summed E-state index contributed by atoms with van der Waals surface area (Å²) in [5.41, 5.74) is 6.12. The van der Waals surface area contributed by atoms with Crippen LogP contribution in [0.1, 0.15) is 24.8 Å². The Hall–Kier alpha value is -0.900. The van der Waals surface area contributed by atoms with Gasteiger partial charge in [-0.25, -0.2) is 0 Å². The van der Waals surface area contributed by atoms with E-state index >= 15 is 0 Å². The third-order valence-corrected chi connectivity index (χ3v) is 3.91. The van der Waals surface area contributed by atoms with Crippen LogP contribution in [0.25, 0.3) is 0 Å². The topological polar surface area (TPSA) is 55.1 Å². The van der Waals surface area contributed by atoms with Gasteiger partial charge in [0.2, 0.25) is 0 Å². The molecule has 1 aliphatic carbocycles. The van der Waals surface area contributed by atoms with Gasteiger partial charge in [0.1, 0.15) is 5.54 Å². The highest BCUT2D eigenvalue weighted by molar-refractivity contribution is 6.31. The van der Waals surface area contributed by atoms with Gasteiger partial charge in [0.25, 0.3) is 0 Å². The monoisotopic (exact) mass is 252 g/mol. The summed E-state index contributed by atoms with van der Waals surface area (Å²) in [4.78, 5) is 12.2. The molecule has 92 valence electrons. The van der Waals surface area contributed by atoms with E-state index in [2.05, 4.69) is 5.32 Å². The zero-order valence-electron chi connectivity index (χ0n) is 9.87. The Labute approximate surface area is 106 Å². The third-order valence-electron chi connectivity index (χ3n) is 3.58. The largest absolute Gasteiger partial charge is 0.317 e. The first-order valence-electron chi connectivity index (χ1n) is 5.82. The lowest BCUT2D eigenvalue weighted by Gasteiger charge is -2.36. The molecule has 1 aromatic carbocycles. The summed E-state index contributed by atoms with van der Waals surface area (Å²) in [6.07, 6.45) is 2.00. The van der Waals surface area contributed by atoms with Crippen LogP contribution in [0.5, 0.6) is 0 Å². The Balaban J connectivity index is 2.32. The van der Waals surface area contributed by atoms with Gasteiger partial charge in [-0.2, -0.15) is 0 Å². The number of Topliss-reactive ketones (excluding diaryl/α,β-unsaturated/α-hetero) is 1. The highest BCUT2D eigenvalue weighted by Crippen LogP contribution is 2.35. The highest BCUT2D eigenvalue weighted by atomic mass is 35.5. The minimum Gasteiger partial charge on any atom is -0.317 e. The lowest BCUT2D eigenvalue weighted by molar-refractivity contribution is -0.127. The van der Waals surface area contributed by atoms with Crippen LogP contribution in [0.4, 0.5) is 0 Å². The molecule has 1 fully saturated rings. The number of hydrogen-bond acceptors (Lipinski definition) is 3. The van der Waals surface area contributed by atoms with Crippen LogP contribution in [0, 0.1) is 0 Å². The molecule has 0 bridgehead atoms. The predicted octanol–water partition coefficient (Wildman–Crippen LogP) is 1.83. The highest BCUT2D eigenvalue weighted by Gasteiger charge is 2.41. The van der Waals surface area contributed by atoms with Gasteiger partial charge in [-0.15, -0.1) is 0 Å². The van der Waals surface area contributed by atoms with E-state index in [9.17, 15) is 4.79 Å². The Bertz CT molecular complexity index is 435. The fraction of sp³-hybridized carbons (Fsp3) is 0.462. The number of carbonyl (C=O) groups excluding carboxylic acids is 1. The fourth-order valence-corrected chi connectivity index (χ4v) is 2.71. The maximum Gasteiger partial charge on any atom is 0.158 e. The van der Waals surface area contributed by atoms with Crippen LogP contribution in [0.15, 0.2) is 24.3 Å². The number of benzene rings is 1. The first-order chi connectivity index (χ1) is 8.08. The van der Waals surface area contributed by atoms with Crippen molar-refractivity contribution in [1.29, 1.82) is 0 Å². The van der Waals surface area contributed by atoms with Crippen LogP contribution >= 0.6 is 11.6 Å². The number of carbonyl (C=O) groups is 1. The lowest BCUT2D eigenvalue weighted by atomic mass is 9.74. The quantitative estimate of drug-likeness (QED) is 0.845. The molecule has 0 spiro atoms. The number of rotatable bonds is 2. The molecular weight excluding hydrogens is 236 g/mol. The normalized spacial score (nSPS) is 29.4. The Morgan fingerprint density at radius 2 is 2.18 bits per heavy atom. The molecule has 0 saturated heterocycles. The van der Waals surface area contributed by atoms with E-state index in [-0.39, 0.29) is 11.8 Å². The van der Waals surface area contributed by atoms with E-state index in [0.717, 1.165) is 12.0 Å². The number of nitrogens with one attached hydrogen (secondary N) is 1. The number of hydrogen-bond donors (Lipinski definition) is 2. The smallest absolute Gasteiger partial charge is 0.158 e. The van der Waals surface area contributed by atoms with Gasteiger partial charge in [0, 0.05) is 17.5 Å². The summed E-state index contributed by atoms with van der Waals surface area (Å²) in [6, 6.07) is 7.58. The predicted molar refractivity (Wildman–Crippen MR) is 69.0 cm³/mol. The van der Waals surface area contributed by atoms with Crippen molar-refractivity contribution < 1.29 is 4.79 Å². The van der Waals surface area contributed by atoms with Crippen molar-refractivity contribution in [2.75, 3.05) is 7.05 Å². The molecule has 0 amide bonds. The molecule has 2 unspecified atom stereocenters. The van der Waals surface area contributed by atoms with E-state index in [0.29, 0.717) is 17.9 Å². The second kappa shape index (κ2) is 4.77. The van der Waals surface area contributed by atoms with Gasteiger partial charge < -0.3 is 11.1 Å². The van der Waals surface area contributed by atoms with Crippen LogP contribution in [-0.4, -0.2) is 18.9 Å². The molecular formula is C13H17ClN2O. The van der Waals surface area contributed by atoms with Crippen molar-refractivity contribution >= 4 is 17.4 Å². The van der Waals surface area contributed by atoms with Gasteiger partial charge in [-0.1, -0.05) is 29.8 Å². The third kappa shape index (κ3) is 2.23. The minimum atomic E-state index is -0.911. The summed E-state index contributed by atoms with van der Waals surface area (Å²) in [5.74, 6) is 0.0659. The van der Waals surface area contributed by atoms with E-state index in [1.54, 1.807) is 6.07 Å². The average Bonchev–Trinajstić information content (AvgIpc) is 2.33. The van der Waals surface area contributed by atoms with Crippen molar-refractivity contribution in [2.24, 2.45) is 5.73 Å². The summed E-state index contributed by atoms with van der Waals surface area (Å²) >= 11 is 6.13. The molecule has 1 saturated carbocycles. The summed E-state index contributed by atoms with van der Waals surface area (Å²) in [5, 5.41) is 3.70. The van der Waals surface area contributed by atoms with Crippen LogP contribution in [0.2, 0.25) is 5.02 Å². The first-order valence-corrected chi connectivity index (χ1v) is 6.20. The van der Waals surface area contributed by atoms with E-state index in [4.69, 9.17) is 17.3 Å². The minimum absolute atomic E-state index is 0.0659. The van der Waals surface area contributed by atoms with Gasteiger partial charge in [-0.05, 0) is 31.5 Å². The standard InChI is InChI=1S/C13H17ClN2O/c1-16-9-6-7-13(15,12(17)8-9)10-4-2-3-5-11(10)14/h2-5,9,16H,6-8,15H2,1H3. The SMILES string of the molecule is CNC1CCC(N)(c2ccccc2Cl)C(=O)C1. The average molecular weight is 253 g/mol. The van der Waals surface area contributed by atoms with Crippen molar-refractivity contribution in [3.63, 3.8) is 0 Å². The molecule has 3 N–H and O–H groups in total. The second-order valence-electron chi connectivity index (χ2n) is 4.60. The molecule has 3 nitrogen and oxygen atoms in total. The van der Waals surface area contributed by atoms with Gasteiger partial charge in [-0.3, -0.25) is 4.79 Å². The van der Waals surface area contributed by atoms with Crippen molar-refractivity contribution in [2.45, 2.75) is 30.8 Å². The maximum atomic E-state index is 12.2. The summed E-state index contributed by atoms with van der Waals surface area (Å²) < 4.78 is 0. The second-order valence-corrected chi connectivity index (χ2v) is 5.01. The van der Waals surface area contributed by atoms with Crippen molar-refractivity contribution in [1.82, 2.24) is 5.32 Å². The van der Waals surface area contributed by atoms with Crippen LogP contribution < -0.4 is 11.1 Å². The number of halogens is 1. The Kier molecular flexibility index (Phi) is 3.52. The van der Waals surface area contributed by atoms with Gasteiger partial charge in [0.05, 0.1) is 0 Å². The molecule has 0 heterocycles. The molecule has 0 aromatic heterocycles. The molecule has 17 heavy (non-hydrogen) atoms. The van der Waals surface area contributed by atoms with Gasteiger partial charge in [0.15, 0.2) is 5.78 Å². The zero-order chi connectivity index (χ0) is 12.5. The molecule has 2 rings (SSSR count). The molecule has 1 aromatic rings. The van der Waals surface area contributed by atoms with Crippen molar-refractivity contribution in [3.05, 3.63) is 34.9 Å². The number of ketones is 1. The maximum absolute atomic E-state index is 12.2. The summed E-state index contributed by atoms with van der Waals surface area (Å²) in [7, 11) is 1.87. The Morgan fingerprint density at radius 1 is 1.47 bits per heavy atom. The molecule has 1 aliphatic rings. The summed E-state index contributed by atoms with van der Waals surface area (Å²) in [6.45, 7) is 0. The lowest BCUT2D eigenvalue weighted by Crippen LogP contribution is -2.52. The number of nitrogens with two attached hydrogens (primary N) is 1. The van der Waals surface area contributed by atoms with Crippen molar-refractivity contribution in [3.8, 4) is 0 Å². The molecule has 0 aliphatic heterocycles. The van der Waals surface area contributed by atoms with E-state index in [1.807, 2.05) is 25.2 Å². The molecule has 2 atom stereocenters. The molecule has 0 radical (unpaired) electrons. The van der Waals surface area contributed by atoms with Crippen LogP contribution in [-0.2, 0) is 10.3 Å². The first kappa shape index (κ1) is 12.6. The Morgan fingerprint density at radius 3 is 2.76 bits per heavy atom. The fourth-order valence-electron chi connectivity index (χ4n) is 2.40. The van der Waals surface area contributed by atoms with Crippen LogP contribution in [0.3, 0.4) is 0 Å². The molecule has 4 heteroatoms. The van der Waals surface area contributed by atoms with Gasteiger partial charge >= 0.3 is 0 Å².